The van der Waals surface area contributed by atoms with E-state index in [1.54, 1.807) is 12.5 Å². The van der Waals surface area contributed by atoms with Crippen molar-refractivity contribution in [3.05, 3.63) is 48.0 Å². The third-order valence-electron chi connectivity index (χ3n) is 5.85. The summed E-state index contributed by atoms with van der Waals surface area (Å²) in [6.07, 6.45) is 11.0. The molecule has 5 heteroatoms. The van der Waals surface area contributed by atoms with Crippen molar-refractivity contribution in [1.82, 2.24) is 14.9 Å². The topological polar surface area (TPSA) is 72.9 Å². The number of benzene rings is 1. The van der Waals surface area contributed by atoms with Gasteiger partial charge >= 0.3 is 0 Å². The second-order valence-electron chi connectivity index (χ2n) is 7.67. The van der Waals surface area contributed by atoms with Crippen LogP contribution in [0.1, 0.15) is 48.0 Å². The zero-order chi connectivity index (χ0) is 17.4. The lowest BCUT2D eigenvalue weighted by atomic mass is 9.67. The number of nitrogens with two attached hydrogens (primary N) is 1. The number of rotatable bonds is 3. The lowest BCUT2D eigenvalue weighted by Crippen LogP contribution is -2.53. The molecule has 0 spiro atoms. The quantitative estimate of drug-likeness (QED) is 0.904. The van der Waals surface area contributed by atoms with Gasteiger partial charge in [-0.05, 0) is 56.6 Å². The van der Waals surface area contributed by atoms with Crippen molar-refractivity contribution in [2.45, 2.75) is 51.1 Å². The Balaban J connectivity index is 1.60. The molecule has 0 aliphatic heterocycles. The van der Waals surface area contributed by atoms with E-state index < -0.39 is 0 Å². The van der Waals surface area contributed by atoms with E-state index >= 15 is 0 Å². The van der Waals surface area contributed by atoms with Gasteiger partial charge in [-0.15, -0.1) is 0 Å². The van der Waals surface area contributed by atoms with Gasteiger partial charge in [-0.25, -0.2) is 4.98 Å². The van der Waals surface area contributed by atoms with Crippen molar-refractivity contribution in [2.75, 3.05) is 0 Å². The number of nitrogens with zero attached hydrogens (tertiary/aromatic N) is 2. The van der Waals surface area contributed by atoms with E-state index in [1.807, 2.05) is 35.9 Å². The van der Waals surface area contributed by atoms with Crippen LogP contribution in [0.3, 0.4) is 0 Å². The SMILES string of the molecule is Cc1ccc(-n2ccnc2)c(C(=O)NC2C3CCCC2CC(N)C3)c1. The van der Waals surface area contributed by atoms with Crippen LogP contribution in [0.15, 0.2) is 36.9 Å². The molecule has 2 aliphatic carbocycles. The molecule has 2 atom stereocenters. The van der Waals surface area contributed by atoms with Crippen molar-refractivity contribution < 1.29 is 4.79 Å². The van der Waals surface area contributed by atoms with Crippen LogP contribution in [0.4, 0.5) is 0 Å². The molecule has 1 aromatic heterocycles. The molecule has 3 N–H and O–H groups in total. The minimum Gasteiger partial charge on any atom is -0.349 e. The zero-order valence-electron chi connectivity index (χ0n) is 14.7. The average Bonchev–Trinajstić information content (AvgIpc) is 3.10. The van der Waals surface area contributed by atoms with Crippen LogP contribution in [-0.2, 0) is 0 Å². The Kier molecular flexibility index (Phi) is 4.34. The number of aryl methyl sites for hydroxylation is 1. The first kappa shape index (κ1) is 16.3. The van der Waals surface area contributed by atoms with E-state index in [1.165, 1.54) is 19.3 Å². The van der Waals surface area contributed by atoms with Crippen molar-refractivity contribution in [1.29, 1.82) is 0 Å². The first-order valence-electron chi connectivity index (χ1n) is 9.27. The Morgan fingerprint density at radius 3 is 2.72 bits per heavy atom. The van der Waals surface area contributed by atoms with Crippen LogP contribution in [0, 0.1) is 18.8 Å². The molecular formula is C20H26N4O. The highest BCUT2D eigenvalue weighted by Gasteiger charge is 2.40. The number of carbonyl (C=O) groups is 1. The third kappa shape index (κ3) is 3.21. The van der Waals surface area contributed by atoms with Gasteiger partial charge in [-0.1, -0.05) is 18.1 Å². The molecule has 25 heavy (non-hydrogen) atoms. The summed E-state index contributed by atoms with van der Waals surface area (Å²) < 4.78 is 1.89. The molecule has 0 radical (unpaired) electrons. The normalized spacial score (nSPS) is 28.6. The zero-order valence-corrected chi connectivity index (χ0v) is 14.7. The highest BCUT2D eigenvalue weighted by atomic mass is 16.1. The number of nitrogens with one attached hydrogen (secondary N) is 1. The maximum Gasteiger partial charge on any atom is 0.253 e. The summed E-state index contributed by atoms with van der Waals surface area (Å²) in [6, 6.07) is 6.54. The van der Waals surface area contributed by atoms with Crippen LogP contribution < -0.4 is 11.1 Å². The smallest absolute Gasteiger partial charge is 0.253 e. The highest BCUT2D eigenvalue weighted by molar-refractivity contribution is 5.98. The van der Waals surface area contributed by atoms with Crippen molar-refractivity contribution >= 4 is 5.91 Å². The van der Waals surface area contributed by atoms with Gasteiger partial charge in [0.2, 0.25) is 0 Å². The fourth-order valence-corrected chi connectivity index (χ4v) is 4.71. The number of aromatic nitrogens is 2. The molecule has 1 heterocycles. The van der Waals surface area contributed by atoms with Gasteiger partial charge < -0.3 is 15.6 Å². The van der Waals surface area contributed by atoms with E-state index in [0.29, 0.717) is 23.4 Å². The van der Waals surface area contributed by atoms with E-state index in [2.05, 4.69) is 10.3 Å². The molecule has 2 aromatic rings. The van der Waals surface area contributed by atoms with Crippen molar-refractivity contribution in [3.63, 3.8) is 0 Å². The molecule has 132 valence electrons. The number of fused-ring (bicyclic) bond motifs is 2. The Labute approximate surface area is 148 Å². The molecule has 2 fully saturated rings. The standard InChI is InChI=1S/C20H26N4O/c1-13-5-6-18(24-8-7-22-12-24)17(9-13)20(25)23-19-14-3-2-4-15(19)11-16(21)10-14/h5-9,12,14-16,19H,2-4,10-11,21H2,1H3,(H,23,25). The first-order chi connectivity index (χ1) is 12.1. The Bertz CT molecular complexity index is 741. The Hall–Kier alpha value is -2.14. The van der Waals surface area contributed by atoms with E-state index in [9.17, 15) is 4.79 Å². The molecule has 2 unspecified atom stereocenters. The molecule has 1 amide bonds. The molecule has 2 saturated carbocycles. The number of amides is 1. The predicted octanol–water partition coefficient (Wildman–Crippen LogP) is 2.82. The maximum atomic E-state index is 13.1. The van der Waals surface area contributed by atoms with Crippen LogP contribution in [-0.4, -0.2) is 27.5 Å². The summed E-state index contributed by atoms with van der Waals surface area (Å²) in [5.41, 5.74) is 8.88. The number of hydrogen-bond acceptors (Lipinski definition) is 3. The first-order valence-corrected chi connectivity index (χ1v) is 9.27. The van der Waals surface area contributed by atoms with Crippen LogP contribution in [0.2, 0.25) is 0 Å². The summed E-state index contributed by atoms with van der Waals surface area (Å²) in [4.78, 5) is 17.2. The van der Waals surface area contributed by atoms with Gasteiger partial charge in [-0.3, -0.25) is 4.79 Å². The Morgan fingerprint density at radius 2 is 2.04 bits per heavy atom. The van der Waals surface area contributed by atoms with Crippen molar-refractivity contribution in [3.8, 4) is 5.69 Å². The van der Waals surface area contributed by atoms with Gasteiger partial charge in [-0.2, -0.15) is 0 Å². The van der Waals surface area contributed by atoms with Gasteiger partial charge in [0.15, 0.2) is 0 Å². The minimum atomic E-state index is 0.0183. The second-order valence-corrected chi connectivity index (χ2v) is 7.67. The van der Waals surface area contributed by atoms with Crippen molar-refractivity contribution in [2.24, 2.45) is 17.6 Å². The fourth-order valence-electron chi connectivity index (χ4n) is 4.71. The molecule has 5 nitrogen and oxygen atoms in total. The van der Waals surface area contributed by atoms with Gasteiger partial charge in [0.25, 0.3) is 5.91 Å². The molecule has 0 saturated heterocycles. The van der Waals surface area contributed by atoms with Crippen LogP contribution >= 0.6 is 0 Å². The van der Waals surface area contributed by atoms with Crippen LogP contribution in [0.25, 0.3) is 5.69 Å². The minimum absolute atomic E-state index is 0.0183. The summed E-state index contributed by atoms with van der Waals surface area (Å²) in [5, 5.41) is 3.36. The van der Waals surface area contributed by atoms with E-state index in [4.69, 9.17) is 5.73 Å². The van der Waals surface area contributed by atoms with E-state index in [-0.39, 0.29) is 11.9 Å². The van der Waals surface area contributed by atoms with Gasteiger partial charge in [0.1, 0.15) is 0 Å². The summed E-state index contributed by atoms with van der Waals surface area (Å²) >= 11 is 0. The predicted molar refractivity (Wildman–Crippen MR) is 97.6 cm³/mol. The monoisotopic (exact) mass is 338 g/mol. The number of carbonyl (C=O) groups excluding carboxylic acids is 1. The summed E-state index contributed by atoms with van der Waals surface area (Å²) in [7, 11) is 0. The van der Waals surface area contributed by atoms with Gasteiger partial charge in [0.05, 0.1) is 17.6 Å². The fraction of sp³-hybridized carbons (Fsp3) is 0.500. The van der Waals surface area contributed by atoms with Crippen LogP contribution in [0.5, 0.6) is 0 Å². The largest absolute Gasteiger partial charge is 0.349 e. The molecule has 4 rings (SSSR count). The average molecular weight is 338 g/mol. The lowest BCUT2D eigenvalue weighted by molar-refractivity contribution is 0.0756. The molecule has 2 bridgehead atoms. The Morgan fingerprint density at radius 1 is 1.28 bits per heavy atom. The van der Waals surface area contributed by atoms with Gasteiger partial charge in [0, 0.05) is 24.5 Å². The number of hydrogen-bond donors (Lipinski definition) is 2. The molecule has 1 aromatic carbocycles. The van der Waals surface area contributed by atoms with E-state index in [0.717, 1.165) is 24.1 Å². The summed E-state index contributed by atoms with van der Waals surface area (Å²) in [5.74, 6) is 1.06. The second kappa shape index (κ2) is 6.64. The number of imidazole rings is 1. The highest BCUT2D eigenvalue weighted by Crippen LogP contribution is 2.39. The maximum absolute atomic E-state index is 13.1. The third-order valence-corrected chi connectivity index (χ3v) is 5.85. The molecule has 2 aliphatic rings. The lowest BCUT2D eigenvalue weighted by Gasteiger charge is -2.45. The molecular weight excluding hydrogens is 312 g/mol. The summed E-state index contributed by atoms with van der Waals surface area (Å²) in [6.45, 7) is 2.02.